The fraction of sp³-hybridized carbons (Fsp3) is 0. The number of hydrogen-bond acceptors (Lipinski definition) is 2. The molecule has 0 aliphatic rings. The van der Waals surface area contributed by atoms with E-state index in [0.29, 0.717) is 0 Å². The molecule has 0 aliphatic heterocycles. The van der Waals surface area contributed by atoms with Gasteiger partial charge in [0.2, 0.25) is 0 Å². The molecule has 0 aromatic rings. The molecule has 0 saturated heterocycles. The zero-order chi connectivity index (χ0) is 3.58. The largest absolute Gasteiger partial charge is 2.00 e. The SMILES string of the molecule is OB(O)Cl.[Ba+2].[H-].[H-].[La]. The Morgan fingerprint density at radius 2 is 1.50 bits per heavy atom. The summed E-state index contributed by atoms with van der Waals surface area (Å²) in [4.78, 5) is 0. The van der Waals surface area contributed by atoms with Crippen LogP contribution in [0.15, 0.2) is 0 Å². The van der Waals surface area contributed by atoms with Crippen molar-refractivity contribution in [1.82, 2.24) is 0 Å². The molecule has 31 valence electrons. The normalized spacial score (nSPS) is 4.50. The van der Waals surface area contributed by atoms with E-state index in [4.69, 9.17) is 10.0 Å². The fourth-order valence-electron chi connectivity index (χ4n) is 0. The van der Waals surface area contributed by atoms with Gasteiger partial charge >= 0.3 is 55.4 Å². The van der Waals surface area contributed by atoms with Crippen molar-refractivity contribution in [2.24, 2.45) is 0 Å². The Hall–Kier alpha value is 3.04. The molecule has 0 heterocycles. The second-order valence-corrected chi connectivity index (χ2v) is 0.701. The third-order valence-electron chi connectivity index (χ3n) is 0. The van der Waals surface area contributed by atoms with Crippen LogP contribution in [-0.2, 0) is 0 Å². The van der Waals surface area contributed by atoms with Gasteiger partial charge in [-0.25, -0.2) is 0 Å². The molecule has 0 aromatic carbocycles. The average molecular weight is 359 g/mol. The van der Waals surface area contributed by atoms with Crippen LogP contribution in [0, 0.1) is 35.6 Å². The summed E-state index contributed by atoms with van der Waals surface area (Å²) in [7, 11) is 0. The minimum absolute atomic E-state index is 0. The van der Waals surface area contributed by atoms with Crippen molar-refractivity contribution in [1.29, 1.82) is 0 Å². The molecule has 0 bridgehead atoms. The first-order valence-corrected chi connectivity index (χ1v) is 1.17. The summed E-state index contributed by atoms with van der Waals surface area (Å²) in [6.45, 7) is -1.69. The van der Waals surface area contributed by atoms with Crippen molar-refractivity contribution < 1.29 is 48.5 Å². The molecule has 0 aliphatic carbocycles. The first kappa shape index (κ1) is 16.0. The summed E-state index contributed by atoms with van der Waals surface area (Å²) in [5.74, 6) is 0. The van der Waals surface area contributed by atoms with E-state index >= 15 is 0 Å². The molecule has 0 spiro atoms. The Bertz CT molecular complexity index is 24.8. The van der Waals surface area contributed by atoms with E-state index in [2.05, 4.69) is 11.5 Å². The topological polar surface area (TPSA) is 40.5 Å². The van der Waals surface area contributed by atoms with Crippen molar-refractivity contribution in [3.8, 4) is 0 Å². The van der Waals surface area contributed by atoms with Gasteiger partial charge in [-0.05, 0) is 0 Å². The molecule has 0 saturated carbocycles. The fourth-order valence-corrected chi connectivity index (χ4v) is 0. The summed E-state index contributed by atoms with van der Waals surface area (Å²) in [6, 6.07) is 0. The van der Waals surface area contributed by atoms with Gasteiger partial charge in [0.25, 0.3) is 0 Å². The molecule has 0 atom stereocenters. The summed E-state index contributed by atoms with van der Waals surface area (Å²) in [5.41, 5.74) is 0. The molecular formula is H4BBaClLaO2. The molecule has 6 heavy (non-hydrogen) atoms. The Balaban J connectivity index is -0.00000000750. The van der Waals surface area contributed by atoms with Gasteiger partial charge in [-0.15, -0.1) is 11.5 Å². The molecule has 0 amide bonds. The van der Waals surface area contributed by atoms with Crippen LogP contribution < -0.4 is 0 Å². The number of halogens is 1. The van der Waals surface area contributed by atoms with E-state index in [1.54, 1.807) is 0 Å². The maximum absolute atomic E-state index is 7.38. The zero-order valence-electron chi connectivity index (χ0n) is 5.13. The van der Waals surface area contributed by atoms with Crippen molar-refractivity contribution in [3.05, 3.63) is 0 Å². The van der Waals surface area contributed by atoms with E-state index in [1.807, 2.05) is 0 Å². The molecule has 1 radical (unpaired) electrons. The molecule has 0 fully saturated rings. The Morgan fingerprint density at radius 1 is 1.50 bits per heavy atom. The predicted molar refractivity (Wildman–Crippen MR) is 24.0 cm³/mol. The maximum Gasteiger partial charge on any atom is 2.00 e. The van der Waals surface area contributed by atoms with Crippen LogP contribution in [0.2, 0.25) is 0 Å². The standard InChI is InChI=1S/BClH2O2.Ba.La.2H/c2-1(3)4;;;;/h3-4H;;;;/q;+2;;2*-1. The van der Waals surface area contributed by atoms with Crippen molar-refractivity contribution in [2.45, 2.75) is 0 Å². The van der Waals surface area contributed by atoms with E-state index in [0.717, 1.165) is 0 Å². The Morgan fingerprint density at radius 3 is 1.50 bits per heavy atom. The minimum Gasteiger partial charge on any atom is -1.00 e. The van der Waals surface area contributed by atoms with Crippen molar-refractivity contribution in [2.75, 3.05) is 0 Å². The first-order chi connectivity index (χ1) is 1.73. The smallest absolute Gasteiger partial charge is 1.00 e. The number of hydrogen-bond donors (Lipinski definition) is 2. The first-order valence-electron chi connectivity index (χ1n) is 0.735. The summed E-state index contributed by atoms with van der Waals surface area (Å²) < 4.78 is 0. The van der Waals surface area contributed by atoms with Crippen LogP contribution in [0.3, 0.4) is 0 Å². The molecule has 0 aromatic heterocycles. The van der Waals surface area contributed by atoms with Gasteiger partial charge in [0.05, 0.1) is 0 Å². The van der Waals surface area contributed by atoms with Crippen LogP contribution in [0.1, 0.15) is 2.85 Å². The summed E-state index contributed by atoms with van der Waals surface area (Å²) in [5, 5.41) is 14.8. The molecule has 2 nitrogen and oxygen atoms in total. The van der Waals surface area contributed by atoms with E-state index in [1.165, 1.54) is 0 Å². The van der Waals surface area contributed by atoms with E-state index in [-0.39, 0.29) is 87.3 Å². The Kier molecular flexibility index (Phi) is 29.2. The van der Waals surface area contributed by atoms with Crippen LogP contribution in [0.5, 0.6) is 0 Å². The second kappa shape index (κ2) is 10.9. The predicted octanol–water partition coefficient (Wildman–Crippen LogP) is -0.961. The molecule has 0 unspecified atom stereocenters. The number of rotatable bonds is 0. The monoisotopic (exact) mass is 359 g/mol. The van der Waals surface area contributed by atoms with Crippen LogP contribution in [-0.4, -0.2) is 65.5 Å². The maximum atomic E-state index is 7.38. The summed E-state index contributed by atoms with van der Waals surface area (Å²) in [6.07, 6.45) is 0. The van der Waals surface area contributed by atoms with Crippen molar-refractivity contribution in [3.63, 3.8) is 0 Å². The van der Waals surface area contributed by atoms with E-state index in [9.17, 15) is 0 Å². The second-order valence-electron chi connectivity index (χ2n) is 0.311. The van der Waals surface area contributed by atoms with Gasteiger partial charge in [0, 0.05) is 35.6 Å². The van der Waals surface area contributed by atoms with Crippen LogP contribution >= 0.6 is 11.5 Å². The molecule has 6 heteroatoms. The van der Waals surface area contributed by atoms with Gasteiger partial charge in [-0.1, -0.05) is 0 Å². The van der Waals surface area contributed by atoms with Gasteiger partial charge < -0.3 is 12.9 Å². The van der Waals surface area contributed by atoms with Crippen molar-refractivity contribution >= 4 is 66.9 Å². The van der Waals surface area contributed by atoms with Gasteiger partial charge in [-0.2, -0.15) is 0 Å². The molecule has 2 N–H and O–H groups in total. The molecule has 0 rings (SSSR count). The van der Waals surface area contributed by atoms with Crippen LogP contribution in [0.4, 0.5) is 0 Å². The third-order valence-corrected chi connectivity index (χ3v) is 0. The summed E-state index contributed by atoms with van der Waals surface area (Å²) >= 11 is 4.39. The molecular weight excluding hydrogens is 354 g/mol. The zero-order valence-corrected chi connectivity index (χ0v) is 12.0. The van der Waals surface area contributed by atoms with Gasteiger partial charge in [0.15, 0.2) is 0 Å². The van der Waals surface area contributed by atoms with E-state index < -0.39 is 6.53 Å². The quantitative estimate of drug-likeness (QED) is 0.548. The Labute approximate surface area is 113 Å². The van der Waals surface area contributed by atoms with Gasteiger partial charge in [-0.3, -0.25) is 0 Å². The third kappa shape index (κ3) is 27.8. The average Bonchev–Trinajstić information content (AvgIpc) is 0.811. The van der Waals surface area contributed by atoms with Crippen LogP contribution in [0.25, 0.3) is 0 Å². The van der Waals surface area contributed by atoms with Gasteiger partial charge in [0.1, 0.15) is 0 Å². The minimum atomic E-state index is -1.69.